The SMILES string of the molecule is Cc1onc(-c2ccncc2)c1C(=O)N(C)C1CCN(C(=O)c2ccccc2)CC1. The molecule has 7 nitrogen and oxygen atoms in total. The minimum Gasteiger partial charge on any atom is -0.360 e. The Balaban J connectivity index is 1.45. The molecule has 1 aliphatic heterocycles. The van der Waals surface area contributed by atoms with Crippen molar-refractivity contribution in [3.63, 3.8) is 0 Å². The van der Waals surface area contributed by atoms with E-state index in [0.29, 0.717) is 35.7 Å². The van der Waals surface area contributed by atoms with Gasteiger partial charge in [0.1, 0.15) is 17.0 Å². The number of rotatable bonds is 4. The van der Waals surface area contributed by atoms with Gasteiger partial charge in [0, 0.05) is 49.7 Å². The molecule has 1 fully saturated rings. The fraction of sp³-hybridized carbons (Fsp3) is 0.304. The number of piperidine rings is 1. The summed E-state index contributed by atoms with van der Waals surface area (Å²) in [6.07, 6.45) is 4.79. The van der Waals surface area contributed by atoms with Crippen LogP contribution in [0.3, 0.4) is 0 Å². The van der Waals surface area contributed by atoms with Gasteiger partial charge in [0.2, 0.25) is 0 Å². The van der Waals surface area contributed by atoms with Gasteiger partial charge in [-0.05, 0) is 44.0 Å². The molecule has 0 bridgehead atoms. The van der Waals surface area contributed by atoms with Gasteiger partial charge in [-0.15, -0.1) is 0 Å². The van der Waals surface area contributed by atoms with Crippen LogP contribution in [0.25, 0.3) is 11.3 Å². The van der Waals surface area contributed by atoms with Crippen LogP contribution < -0.4 is 0 Å². The van der Waals surface area contributed by atoms with E-state index in [1.807, 2.05) is 54.4 Å². The summed E-state index contributed by atoms with van der Waals surface area (Å²) < 4.78 is 5.34. The third-order valence-electron chi connectivity index (χ3n) is 5.67. The lowest BCUT2D eigenvalue weighted by Crippen LogP contribution is -2.47. The van der Waals surface area contributed by atoms with Gasteiger partial charge >= 0.3 is 0 Å². The summed E-state index contributed by atoms with van der Waals surface area (Å²) >= 11 is 0. The lowest BCUT2D eigenvalue weighted by atomic mass is 10.0. The van der Waals surface area contributed by atoms with E-state index in [0.717, 1.165) is 18.4 Å². The number of carbonyl (C=O) groups excluding carboxylic acids is 2. The normalized spacial score (nSPS) is 14.5. The van der Waals surface area contributed by atoms with Gasteiger partial charge in [0.25, 0.3) is 11.8 Å². The van der Waals surface area contributed by atoms with Gasteiger partial charge in [0.15, 0.2) is 0 Å². The number of nitrogens with zero attached hydrogens (tertiary/aromatic N) is 4. The van der Waals surface area contributed by atoms with Crippen LogP contribution in [0.4, 0.5) is 0 Å². The van der Waals surface area contributed by atoms with E-state index in [1.165, 1.54) is 0 Å². The van der Waals surface area contributed by atoms with Crippen molar-refractivity contribution in [2.24, 2.45) is 0 Å². The van der Waals surface area contributed by atoms with E-state index >= 15 is 0 Å². The summed E-state index contributed by atoms with van der Waals surface area (Å²) in [4.78, 5) is 33.6. The third kappa shape index (κ3) is 3.83. The molecule has 0 N–H and O–H groups in total. The molecule has 3 aromatic rings. The van der Waals surface area contributed by atoms with Crippen LogP contribution in [0.2, 0.25) is 0 Å². The first-order valence-electron chi connectivity index (χ1n) is 10.0. The average molecular weight is 404 g/mol. The van der Waals surface area contributed by atoms with Gasteiger partial charge in [-0.25, -0.2) is 0 Å². The van der Waals surface area contributed by atoms with Crippen molar-refractivity contribution >= 4 is 11.8 Å². The molecule has 2 amide bonds. The van der Waals surface area contributed by atoms with Crippen LogP contribution in [0.5, 0.6) is 0 Å². The maximum Gasteiger partial charge on any atom is 0.259 e. The standard InChI is InChI=1S/C23H24N4O3/c1-16-20(21(25-30-16)17-8-12-24-13-9-17)23(29)26(2)19-10-14-27(15-11-19)22(28)18-6-4-3-5-7-18/h3-9,12-13,19H,10-11,14-15H2,1-2H3. The Morgan fingerprint density at radius 2 is 1.73 bits per heavy atom. The van der Waals surface area contributed by atoms with Crippen molar-refractivity contribution in [2.75, 3.05) is 20.1 Å². The molecule has 0 radical (unpaired) electrons. The first-order valence-corrected chi connectivity index (χ1v) is 10.0. The zero-order valence-electron chi connectivity index (χ0n) is 17.1. The van der Waals surface area contributed by atoms with Gasteiger partial charge in [0.05, 0.1) is 0 Å². The second kappa shape index (κ2) is 8.49. The molecule has 0 spiro atoms. The number of aryl methyl sites for hydroxylation is 1. The monoisotopic (exact) mass is 404 g/mol. The molecular weight excluding hydrogens is 380 g/mol. The largest absolute Gasteiger partial charge is 0.360 e. The second-order valence-corrected chi connectivity index (χ2v) is 7.50. The highest BCUT2D eigenvalue weighted by atomic mass is 16.5. The fourth-order valence-corrected chi connectivity index (χ4v) is 3.89. The van der Waals surface area contributed by atoms with Crippen LogP contribution in [0.1, 0.15) is 39.3 Å². The number of aromatic nitrogens is 2. The second-order valence-electron chi connectivity index (χ2n) is 7.50. The van der Waals surface area contributed by atoms with E-state index in [-0.39, 0.29) is 17.9 Å². The molecule has 3 heterocycles. The molecule has 0 atom stereocenters. The van der Waals surface area contributed by atoms with Gasteiger partial charge in [-0.3, -0.25) is 14.6 Å². The Bertz CT molecular complexity index is 1030. The molecular formula is C23H24N4O3. The Morgan fingerprint density at radius 3 is 2.40 bits per heavy atom. The molecule has 0 unspecified atom stereocenters. The van der Waals surface area contributed by atoms with Gasteiger partial charge < -0.3 is 14.3 Å². The van der Waals surface area contributed by atoms with E-state index in [2.05, 4.69) is 10.1 Å². The summed E-state index contributed by atoms with van der Waals surface area (Å²) in [7, 11) is 1.81. The number of carbonyl (C=O) groups is 2. The van der Waals surface area contributed by atoms with Crippen molar-refractivity contribution in [3.8, 4) is 11.3 Å². The van der Waals surface area contributed by atoms with E-state index in [1.54, 1.807) is 24.2 Å². The minimum atomic E-state index is -0.117. The molecule has 154 valence electrons. The molecule has 1 saturated heterocycles. The maximum absolute atomic E-state index is 13.3. The van der Waals surface area contributed by atoms with Crippen molar-refractivity contribution in [1.29, 1.82) is 0 Å². The summed E-state index contributed by atoms with van der Waals surface area (Å²) in [6, 6.07) is 13.0. The van der Waals surface area contributed by atoms with E-state index in [9.17, 15) is 9.59 Å². The predicted octanol–water partition coefficient (Wildman–Crippen LogP) is 3.42. The Morgan fingerprint density at radius 1 is 1.07 bits per heavy atom. The molecule has 7 heteroatoms. The number of hydrogen-bond acceptors (Lipinski definition) is 5. The van der Waals surface area contributed by atoms with Crippen molar-refractivity contribution in [1.82, 2.24) is 19.9 Å². The lowest BCUT2D eigenvalue weighted by molar-refractivity contribution is 0.0569. The van der Waals surface area contributed by atoms with Crippen LogP contribution in [0, 0.1) is 6.92 Å². The molecule has 1 aliphatic rings. The molecule has 0 aliphatic carbocycles. The Kier molecular flexibility index (Phi) is 5.61. The summed E-state index contributed by atoms with van der Waals surface area (Å²) in [5.74, 6) is 0.418. The minimum absolute atomic E-state index is 0.0397. The first kappa shape index (κ1) is 19.8. The van der Waals surface area contributed by atoms with E-state index in [4.69, 9.17) is 4.52 Å². The number of amides is 2. The van der Waals surface area contributed by atoms with Crippen molar-refractivity contribution in [3.05, 3.63) is 71.7 Å². The molecule has 4 rings (SSSR count). The summed E-state index contributed by atoms with van der Waals surface area (Å²) in [5, 5.41) is 4.10. The molecule has 1 aromatic carbocycles. The molecule has 30 heavy (non-hydrogen) atoms. The van der Waals surface area contributed by atoms with Crippen molar-refractivity contribution in [2.45, 2.75) is 25.8 Å². The van der Waals surface area contributed by atoms with Crippen LogP contribution in [-0.2, 0) is 0 Å². The first-order chi connectivity index (χ1) is 14.6. The van der Waals surface area contributed by atoms with Gasteiger partial charge in [-0.2, -0.15) is 0 Å². The number of pyridine rings is 1. The number of benzene rings is 1. The maximum atomic E-state index is 13.3. The highest BCUT2D eigenvalue weighted by Gasteiger charge is 2.31. The summed E-state index contributed by atoms with van der Waals surface area (Å²) in [6.45, 7) is 2.99. The topological polar surface area (TPSA) is 79.5 Å². The number of likely N-dealkylation sites (tertiary alicyclic amines) is 1. The highest BCUT2D eigenvalue weighted by Crippen LogP contribution is 2.27. The van der Waals surface area contributed by atoms with Crippen LogP contribution >= 0.6 is 0 Å². The zero-order valence-corrected chi connectivity index (χ0v) is 17.1. The van der Waals surface area contributed by atoms with Gasteiger partial charge in [-0.1, -0.05) is 23.4 Å². The van der Waals surface area contributed by atoms with E-state index < -0.39 is 0 Å². The van der Waals surface area contributed by atoms with Crippen LogP contribution in [0.15, 0.2) is 59.4 Å². The molecule has 2 aromatic heterocycles. The smallest absolute Gasteiger partial charge is 0.259 e. The molecule has 0 saturated carbocycles. The summed E-state index contributed by atoms with van der Waals surface area (Å²) in [5.41, 5.74) is 2.50. The average Bonchev–Trinajstić information content (AvgIpc) is 3.20. The Labute approximate surface area is 175 Å². The van der Waals surface area contributed by atoms with Crippen LogP contribution in [-0.4, -0.2) is 57.9 Å². The number of hydrogen-bond donors (Lipinski definition) is 0. The quantitative estimate of drug-likeness (QED) is 0.666. The Hall–Kier alpha value is -3.48. The van der Waals surface area contributed by atoms with Crippen molar-refractivity contribution < 1.29 is 14.1 Å². The highest BCUT2D eigenvalue weighted by molar-refractivity contribution is 6.00. The fourth-order valence-electron chi connectivity index (χ4n) is 3.89. The lowest BCUT2D eigenvalue weighted by Gasteiger charge is -2.36. The predicted molar refractivity (Wildman–Crippen MR) is 112 cm³/mol. The zero-order chi connectivity index (χ0) is 21.1. The third-order valence-corrected chi connectivity index (χ3v) is 5.67.